The normalized spacial score (nSPS) is 19.3. The summed E-state index contributed by atoms with van der Waals surface area (Å²) in [5.74, 6) is 0. The van der Waals surface area contributed by atoms with Crippen LogP contribution in [0.5, 0.6) is 0 Å². The summed E-state index contributed by atoms with van der Waals surface area (Å²) >= 11 is 0. The van der Waals surface area contributed by atoms with Crippen LogP contribution in [0.25, 0.3) is 0 Å². The first-order valence-electron chi connectivity index (χ1n) is 8.02. The van der Waals surface area contributed by atoms with Gasteiger partial charge in [-0.3, -0.25) is 13.6 Å². The Balaban J connectivity index is 4.69. The van der Waals surface area contributed by atoms with Crippen LogP contribution < -0.4 is 0 Å². The van der Waals surface area contributed by atoms with Crippen LogP contribution in [-0.4, -0.2) is 18.3 Å². The summed E-state index contributed by atoms with van der Waals surface area (Å²) < 4.78 is 29.7. The van der Waals surface area contributed by atoms with Gasteiger partial charge < -0.3 is 0 Å². The van der Waals surface area contributed by atoms with Gasteiger partial charge in [0.15, 0.2) is 0 Å². The van der Waals surface area contributed by atoms with Crippen molar-refractivity contribution in [1.29, 1.82) is 0 Å². The minimum Gasteiger partial charge on any atom is -0.284 e. The van der Waals surface area contributed by atoms with Crippen LogP contribution in [0.4, 0.5) is 0 Å². The first-order valence-corrected chi connectivity index (χ1v) is 9.48. The third-order valence-electron chi connectivity index (χ3n) is 3.01. The highest BCUT2D eigenvalue weighted by atomic mass is 31.2. The number of phosphoric ester groups is 1. The molecule has 0 fully saturated rings. The van der Waals surface area contributed by atoms with E-state index in [0.29, 0.717) is 0 Å². The van der Waals surface area contributed by atoms with Crippen LogP contribution in [0.1, 0.15) is 80.1 Å². The summed E-state index contributed by atoms with van der Waals surface area (Å²) in [6.45, 7) is 12.0. The number of hydrogen-bond acceptors (Lipinski definition) is 4. The van der Waals surface area contributed by atoms with Crippen molar-refractivity contribution in [2.45, 2.75) is 98.4 Å². The van der Waals surface area contributed by atoms with Gasteiger partial charge in [0.1, 0.15) is 0 Å². The Morgan fingerprint density at radius 3 is 1.15 bits per heavy atom. The highest BCUT2D eigenvalue weighted by Crippen LogP contribution is 2.53. The Labute approximate surface area is 125 Å². The van der Waals surface area contributed by atoms with E-state index in [1.54, 1.807) is 0 Å². The van der Waals surface area contributed by atoms with Crippen molar-refractivity contribution >= 4 is 7.82 Å². The Hall–Kier alpha value is 0.110. The van der Waals surface area contributed by atoms with Crippen molar-refractivity contribution < 1.29 is 18.1 Å². The van der Waals surface area contributed by atoms with Crippen LogP contribution in [0, 0.1) is 0 Å². The van der Waals surface area contributed by atoms with Crippen LogP contribution in [0.3, 0.4) is 0 Å². The molecule has 3 unspecified atom stereocenters. The molecule has 0 N–H and O–H groups in total. The maximum atomic E-state index is 12.8. The first kappa shape index (κ1) is 20.1. The van der Waals surface area contributed by atoms with E-state index in [9.17, 15) is 4.57 Å². The monoisotopic (exact) mass is 308 g/mol. The standard InChI is InChI=1S/C15H33O4P/c1-7-10-13(4)17-20(16,18-14(5)11-8-2)19-15(6)12-9-3/h13-15H,7-12H2,1-6H3. The fraction of sp³-hybridized carbons (Fsp3) is 1.00. The first-order chi connectivity index (χ1) is 9.36. The SMILES string of the molecule is CCCC(C)OP(=O)(OC(C)CCC)OC(C)CCC. The Bertz CT molecular complexity index is 240. The molecule has 0 aromatic heterocycles. The van der Waals surface area contributed by atoms with E-state index in [2.05, 4.69) is 20.8 Å². The van der Waals surface area contributed by atoms with Gasteiger partial charge in [0.2, 0.25) is 0 Å². The Kier molecular flexibility index (Phi) is 10.8. The van der Waals surface area contributed by atoms with Crippen molar-refractivity contribution in [1.82, 2.24) is 0 Å². The number of hydrogen-bond donors (Lipinski definition) is 0. The summed E-state index contributed by atoms with van der Waals surface area (Å²) in [4.78, 5) is 0. The molecule has 0 aromatic rings. The van der Waals surface area contributed by atoms with E-state index in [1.165, 1.54) is 0 Å². The van der Waals surface area contributed by atoms with Crippen molar-refractivity contribution in [2.75, 3.05) is 0 Å². The highest BCUT2D eigenvalue weighted by molar-refractivity contribution is 7.48. The second-order valence-corrected chi connectivity index (χ2v) is 7.09. The fourth-order valence-electron chi connectivity index (χ4n) is 2.11. The quantitative estimate of drug-likeness (QED) is 0.433. The lowest BCUT2D eigenvalue weighted by Crippen LogP contribution is -2.17. The molecule has 0 saturated carbocycles. The molecule has 0 spiro atoms. The fourth-order valence-corrected chi connectivity index (χ4v) is 3.90. The Morgan fingerprint density at radius 1 is 0.700 bits per heavy atom. The van der Waals surface area contributed by atoms with E-state index in [-0.39, 0.29) is 18.3 Å². The molecule has 0 heterocycles. The van der Waals surface area contributed by atoms with Crippen LogP contribution in [0.15, 0.2) is 0 Å². The second kappa shape index (κ2) is 10.8. The number of rotatable bonds is 12. The molecule has 3 atom stereocenters. The smallest absolute Gasteiger partial charge is 0.284 e. The minimum absolute atomic E-state index is 0.117. The molecule has 20 heavy (non-hydrogen) atoms. The average molecular weight is 308 g/mol. The zero-order valence-electron chi connectivity index (χ0n) is 14.1. The molecule has 0 aromatic carbocycles. The summed E-state index contributed by atoms with van der Waals surface area (Å²) in [6.07, 6.45) is 5.14. The molecule has 5 heteroatoms. The molecule has 0 amide bonds. The third kappa shape index (κ3) is 9.12. The predicted molar refractivity (Wildman–Crippen MR) is 84.0 cm³/mol. The lowest BCUT2D eigenvalue weighted by atomic mass is 10.2. The van der Waals surface area contributed by atoms with E-state index >= 15 is 0 Å². The van der Waals surface area contributed by atoms with Crippen LogP contribution >= 0.6 is 7.82 Å². The molecule has 0 aliphatic carbocycles. The summed E-state index contributed by atoms with van der Waals surface area (Å²) in [6, 6.07) is 0. The predicted octanol–water partition coefficient (Wildman–Crippen LogP) is 5.71. The van der Waals surface area contributed by atoms with Crippen LogP contribution in [0.2, 0.25) is 0 Å². The molecular weight excluding hydrogens is 275 g/mol. The molecule has 0 rings (SSSR count). The molecule has 0 bridgehead atoms. The van der Waals surface area contributed by atoms with E-state index in [1.807, 2.05) is 20.8 Å². The summed E-state index contributed by atoms with van der Waals surface area (Å²) in [5, 5.41) is 0. The molecule has 0 saturated heterocycles. The van der Waals surface area contributed by atoms with E-state index in [4.69, 9.17) is 13.6 Å². The Morgan fingerprint density at radius 2 is 0.950 bits per heavy atom. The summed E-state index contributed by atoms with van der Waals surface area (Å²) in [7, 11) is -3.48. The third-order valence-corrected chi connectivity index (χ3v) is 4.87. The molecule has 0 radical (unpaired) electrons. The van der Waals surface area contributed by atoms with Gasteiger partial charge in [0, 0.05) is 0 Å². The van der Waals surface area contributed by atoms with Crippen molar-refractivity contribution in [3.63, 3.8) is 0 Å². The zero-order valence-corrected chi connectivity index (χ0v) is 14.9. The van der Waals surface area contributed by atoms with Crippen molar-refractivity contribution in [3.05, 3.63) is 0 Å². The highest BCUT2D eigenvalue weighted by Gasteiger charge is 2.33. The maximum absolute atomic E-state index is 12.8. The summed E-state index contributed by atoms with van der Waals surface area (Å²) in [5.41, 5.74) is 0. The number of phosphoric acid groups is 1. The van der Waals surface area contributed by atoms with Crippen LogP contribution in [-0.2, 0) is 18.1 Å². The topological polar surface area (TPSA) is 44.8 Å². The van der Waals surface area contributed by atoms with Gasteiger partial charge in [-0.2, -0.15) is 0 Å². The zero-order chi connectivity index (χ0) is 15.6. The van der Waals surface area contributed by atoms with Gasteiger partial charge in [-0.25, -0.2) is 4.57 Å². The van der Waals surface area contributed by atoms with Crippen molar-refractivity contribution in [2.24, 2.45) is 0 Å². The lowest BCUT2D eigenvalue weighted by molar-refractivity contribution is 0.0371. The van der Waals surface area contributed by atoms with Gasteiger partial charge in [0.25, 0.3) is 0 Å². The molecule has 0 aliphatic rings. The molecule has 122 valence electrons. The average Bonchev–Trinajstić information content (AvgIpc) is 2.28. The van der Waals surface area contributed by atoms with Gasteiger partial charge in [0.05, 0.1) is 18.3 Å². The van der Waals surface area contributed by atoms with E-state index < -0.39 is 7.82 Å². The molecule has 0 aliphatic heterocycles. The molecular formula is C15H33O4P. The van der Waals surface area contributed by atoms with Gasteiger partial charge in [-0.05, 0) is 40.0 Å². The van der Waals surface area contributed by atoms with Gasteiger partial charge >= 0.3 is 7.82 Å². The van der Waals surface area contributed by atoms with Gasteiger partial charge in [-0.1, -0.05) is 40.0 Å². The lowest BCUT2D eigenvalue weighted by Gasteiger charge is -2.26. The molecule has 4 nitrogen and oxygen atoms in total. The van der Waals surface area contributed by atoms with Crippen molar-refractivity contribution in [3.8, 4) is 0 Å². The van der Waals surface area contributed by atoms with E-state index in [0.717, 1.165) is 38.5 Å². The minimum atomic E-state index is -3.48. The largest absolute Gasteiger partial charge is 0.475 e. The maximum Gasteiger partial charge on any atom is 0.475 e. The van der Waals surface area contributed by atoms with Gasteiger partial charge in [-0.15, -0.1) is 0 Å². The second-order valence-electron chi connectivity index (χ2n) is 5.56.